The fourth-order valence-corrected chi connectivity index (χ4v) is 1.96. The highest BCUT2D eigenvalue weighted by atomic mass is 35.5. The number of hydrogen-bond donors (Lipinski definition) is 1. The van der Waals surface area contributed by atoms with Crippen molar-refractivity contribution in [1.29, 1.82) is 0 Å². The smallest absolute Gasteiger partial charge is 0.231 e. The fourth-order valence-electron chi connectivity index (χ4n) is 1.66. The van der Waals surface area contributed by atoms with Crippen LogP contribution in [-0.2, 0) is 11.2 Å². The average Bonchev–Trinajstić information content (AvgIpc) is 2.43. The molecule has 0 bridgehead atoms. The number of nitrogens with zero attached hydrogens (tertiary/aromatic N) is 1. The maximum absolute atomic E-state index is 11.6. The van der Waals surface area contributed by atoms with E-state index < -0.39 is 0 Å². The van der Waals surface area contributed by atoms with Crippen LogP contribution in [0.25, 0.3) is 0 Å². The lowest BCUT2D eigenvalue weighted by molar-refractivity contribution is -0.117. The predicted molar refractivity (Wildman–Crippen MR) is 64.3 cm³/mol. The SMILES string of the molecule is NC(=S)CN1C(=O)Cc2ccc(Cl)cc21. The average molecular weight is 241 g/mol. The Morgan fingerprint density at radius 3 is 3.00 bits per heavy atom. The summed E-state index contributed by atoms with van der Waals surface area (Å²) in [6.07, 6.45) is 0.398. The van der Waals surface area contributed by atoms with Crippen molar-refractivity contribution < 1.29 is 4.79 Å². The number of carbonyl (C=O) groups is 1. The van der Waals surface area contributed by atoms with Crippen LogP contribution in [0.5, 0.6) is 0 Å². The minimum absolute atomic E-state index is 0.0140. The van der Waals surface area contributed by atoms with Gasteiger partial charge in [-0.05, 0) is 17.7 Å². The summed E-state index contributed by atoms with van der Waals surface area (Å²) >= 11 is 10.7. The van der Waals surface area contributed by atoms with Gasteiger partial charge in [0.2, 0.25) is 5.91 Å². The molecule has 2 N–H and O–H groups in total. The molecule has 0 fully saturated rings. The molecule has 1 aliphatic heterocycles. The molecule has 0 unspecified atom stereocenters. The molecule has 2 rings (SSSR count). The minimum atomic E-state index is 0.0140. The molecule has 1 aromatic carbocycles. The third-order valence-corrected chi connectivity index (χ3v) is 2.66. The van der Waals surface area contributed by atoms with Crippen molar-refractivity contribution in [1.82, 2.24) is 0 Å². The molecule has 0 saturated heterocycles. The molecule has 1 amide bonds. The van der Waals surface area contributed by atoms with Crippen LogP contribution >= 0.6 is 23.8 Å². The first-order valence-corrected chi connectivity index (χ1v) is 5.23. The van der Waals surface area contributed by atoms with Crippen LogP contribution in [0.1, 0.15) is 5.56 Å². The Kier molecular flexibility index (Phi) is 2.63. The van der Waals surface area contributed by atoms with E-state index in [1.165, 1.54) is 0 Å². The number of amides is 1. The molecule has 1 aliphatic rings. The van der Waals surface area contributed by atoms with E-state index in [2.05, 4.69) is 0 Å². The van der Waals surface area contributed by atoms with Gasteiger partial charge in [-0.25, -0.2) is 0 Å². The molecular formula is C10H9ClN2OS. The molecule has 0 aromatic heterocycles. The van der Waals surface area contributed by atoms with Gasteiger partial charge < -0.3 is 10.6 Å². The van der Waals surface area contributed by atoms with Gasteiger partial charge >= 0.3 is 0 Å². The first-order chi connectivity index (χ1) is 7.08. The molecule has 1 aromatic rings. The van der Waals surface area contributed by atoms with E-state index in [1.807, 2.05) is 6.07 Å². The first kappa shape index (κ1) is 10.4. The zero-order valence-electron chi connectivity index (χ0n) is 7.87. The van der Waals surface area contributed by atoms with Crippen LogP contribution < -0.4 is 10.6 Å². The number of halogens is 1. The summed E-state index contributed by atoms with van der Waals surface area (Å²) in [6, 6.07) is 5.40. The molecule has 0 spiro atoms. The summed E-state index contributed by atoms with van der Waals surface area (Å²) in [7, 11) is 0. The van der Waals surface area contributed by atoms with Gasteiger partial charge in [0.25, 0.3) is 0 Å². The van der Waals surface area contributed by atoms with E-state index in [0.717, 1.165) is 11.3 Å². The van der Waals surface area contributed by atoms with Gasteiger partial charge in [0.15, 0.2) is 0 Å². The van der Waals surface area contributed by atoms with E-state index in [0.29, 0.717) is 16.4 Å². The Morgan fingerprint density at radius 1 is 1.60 bits per heavy atom. The van der Waals surface area contributed by atoms with Crippen molar-refractivity contribution in [2.45, 2.75) is 6.42 Å². The van der Waals surface area contributed by atoms with Crippen LogP contribution in [0.15, 0.2) is 18.2 Å². The second kappa shape index (κ2) is 3.79. The lowest BCUT2D eigenvalue weighted by Crippen LogP contribution is -2.34. The lowest BCUT2D eigenvalue weighted by atomic mass is 10.2. The van der Waals surface area contributed by atoms with Crippen molar-refractivity contribution in [3.05, 3.63) is 28.8 Å². The summed E-state index contributed by atoms with van der Waals surface area (Å²) < 4.78 is 0. The molecule has 0 atom stereocenters. The molecule has 78 valence electrons. The Morgan fingerprint density at radius 2 is 2.33 bits per heavy atom. The first-order valence-electron chi connectivity index (χ1n) is 4.45. The van der Waals surface area contributed by atoms with Gasteiger partial charge in [-0.1, -0.05) is 29.9 Å². The third kappa shape index (κ3) is 1.96. The van der Waals surface area contributed by atoms with E-state index in [9.17, 15) is 4.79 Å². The maximum atomic E-state index is 11.6. The highest BCUT2D eigenvalue weighted by Crippen LogP contribution is 2.31. The van der Waals surface area contributed by atoms with Crippen LogP contribution in [0, 0.1) is 0 Å². The highest BCUT2D eigenvalue weighted by Gasteiger charge is 2.27. The quantitative estimate of drug-likeness (QED) is 0.798. The number of rotatable bonds is 2. The molecule has 0 aliphatic carbocycles. The molecule has 0 radical (unpaired) electrons. The third-order valence-electron chi connectivity index (χ3n) is 2.29. The zero-order valence-corrected chi connectivity index (χ0v) is 9.44. The molecular weight excluding hydrogens is 232 g/mol. The molecule has 1 heterocycles. The second-order valence-electron chi connectivity index (χ2n) is 3.40. The van der Waals surface area contributed by atoms with Crippen molar-refractivity contribution in [3.8, 4) is 0 Å². The summed E-state index contributed by atoms with van der Waals surface area (Å²) in [5.41, 5.74) is 7.23. The predicted octanol–water partition coefficient (Wildman–Crippen LogP) is 1.52. The van der Waals surface area contributed by atoms with Crippen LogP contribution in [0.4, 0.5) is 5.69 Å². The summed E-state index contributed by atoms with van der Waals surface area (Å²) in [4.78, 5) is 13.5. The van der Waals surface area contributed by atoms with Gasteiger partial charge in [-0.3, -0.25) is 4.79 Å². The maximum Gasteiger partial charge on any atom is 0.231 e. The number of hydrogen-bond acceptors (Lipinski definition) is 2. The number of benzene rings is 1. The minimum Gasteiger partial charge on any atom is -0.392 e. The second-order valence-corrected chi connectivity index (χ2v) is 4.36. The monoisotopic (exact) mass is 240 g/mol. The van der Waals surface area contributed by atoms with E-state index in [1.54, 1.807) is 17.0 Å². The summed E-state index contributed by atoms with van der Waals surface area (Å²) in [5, 5.41) is 0.608. The van der Waals surface area contributed by atoms with E-state index in [4.69, 9.17) is 29.6 Å². The molecule has 5 heteroatoms. The molecule has 3 nitrogen and oxygen atoms in total. The van der Waals surface area contributed by atoms with Gasteiger partial charge in [0, 0.05) is 10.7 Å². The van der Waals surface area contributed by atoms with Crippen LogP contribution in [0.2, 0.25) is 5.02 Å². The summed E-state index contributed by atoms with van der Waals surface area (Å²) in [5.74, 6) is 0.0140. The van der Waals surface area contributed by atoms with Gasteiger partial charge in [-0.15, -0.1) is 0 Å². The highest BCUT2D eigenvalue weighted by molar-refractivity contribution is 7.80. The number of carbonyl (C=O) groups excluding carboxylic acids is 1. The van der Waals surface area contributed by atoms with E-state index in [-0.39, 0.29) is 12.5 Å². The number of fused-ring (bicyclic) bond motifs is 1. The van der Waals surface area contributed by atoms with Crippen molar-refractivity contribution >= 4 is 40.4 Å². The number of thiocarbonyl (C=S) groups is 1. The van der Waals surface area contributed by atoms with Crippen LogP contribution in [0.3, 0.4) is 0 Å². The van der Waals surface area contributed by atoms with Crippen molar-refractivity contribution in [3.63, 3.8) is 0 Å². The van der Waals surface area contributed by atoms with Gasteiger partial charge in [0.05, 0.1) is 18.0 Å². The van der Waals surface area contributed by atoms with Gasteiger partial charge in [0.1, 0.15) is 0 Å². The number of anilines is 1. The largest absolute Gasteiger partial charge is 0.392 e. The Hall–Kier alpha value is -1.13. The molecule has 15 heavy (non-hydrogen) atoms. The topological polar surface area (TPSA) is 46.3 Å². The normalized spacial score (nSPS) is 14.2. The fraction of sp³-hybridized carbons (Fsp3) is 0.200. The standard InChI is InChI=1S/C10H9ClN2OS/c11-7-2-1-6-3-10(14)13(5-9(12)15)8(6)4-7/h1-2,4H,3,5H2,(H2,12,15). The zero-order chi connectivity index (χ0) is 11.0. The molecule has 0 saturated carbocycles. The Bertz CT molecular complexity index is 447. The van der Waals surface area contributed by atoms with Gasteiger partial charge in [-0.2, -0.15) is 0 Å². The lowest BCUT2D eigenvalue weighted by Gasteiger charge is -2.16. The summed E-state index contributed by atoms with van der Waals surface area (Å²) in [6.45, 7) is 0.279. The van der Waals surface area contributed by atoms with Crippen LogP contribution in [-0.4, -0.2) is 17.4 Å². The Balaban J connectivity index is 2.39. The van der Waals surface area contributed by atoms with Crippen molar-refractivity contribution in [2.75, 3.05) is 11.4 Å². The van der Waals surface area contributed by atoms with Crippen molar-refractivity contribution in [2.24, 2.45) is 5.73 Å². The Labute approximate surface area is 97.8 Å². The van der Waals surface area contributed by atoms with E-state index >= 15 is 0 Å². The number of nitrogens with two attached hydrogens (primary N) is 1.